The summed E-state index contributed by atoms with van der Waals surface area (Å²) in [5.74, 6) is 0.567. The van der Waals surface area contributed by atoms with Crippen LogP contribution in [-0.2, 0) is 16.1 Å². The molecule has 0 amide bonds. The van der Waals surface area contributed by atoms with Gasteiger partial charge in [-0.25, -0.2) is 9.79 Å². The maximum Gasteiger partial charge on any atom is 0.363 e. The largest absolute Gasteiger partial charge is 0.489 e. The summed E-state index contributed by atoms with van der Waals surface area (Å²) in [7, 11) is 0. The van der Waals surface area contributed by atoms with Crippen LogP contribution in [0.3, 0.4) is 0 Å². The highest BCUT2D eigenvalue weighted by atomic mass is 79.9. The van der Waals surface area contributed by atoms with E-state index in [2.05, 4.69) is 40.0 Å². The third kappa shape index (κ3) is 4.81. The number of hydrogen-bond acceptors (Lipinski definition) is 4. The van der Waals surface area contributed by atoms with E-state index < -0.39 is 5.97 Å². The van der Waals surface area contributed by atoms with Crippen molar-refractivity contribution in [2.45, 2.75) is 13.5 Å². The van der Waals surface area contributed by atoms with Crippen LogP contribution in [0.2, 0.25) is 0 Å². The molecule has 3 aromatic rings. The molecule has 5 heteroatoms. The highest BCUT2D eigenvalue weighted by Crippen LogP contribution is 2.22. The maximum atomic E-state index is 12.2. The van der Waals surface area contributed by atoms with Crippen LogP contribution in [0, 0.1) is 6.92 Å². The molecular weight excluding hydrogens is 430 g/mol. The number of halogens is 1. The maximum absolute atomic E-state index is 12.2. The van der Waals surface area contributed by atoms with Crippen LogP contribution in [0.5, 0.6) is 5.75 Å². The van der Waals surface area contributed by atoms with Crippen molar-refractivity contribution in [3.8, 4) is 5.75 Å². The van der Waals surface area contributed by atoms with Crippen LogP contribution in [0.15, 0.2) is 88.0 Å². The lowest BCUT2D eigenvalue weighted by Crippen LogP contribution is -2.05. The van der Waals surface area contributed by atoms with E-state index in [1.165, 1.54) is 5.56 Å². The Kier molecular flexibility index (Phi) is 5.58. The molecule has 0 aliphatic carbocycles. The van der Waals surface area contributed by atoms with Gasteiger partial charge in [0.1, 0.15) is 12.4 Å². The molecule has 29 heavy (non-hydrogen) atoms. The van der Waals surface area contributed by atoms with Gasteiger partial charge in [-0.1, -0.05) is 57.9 Å². The van der Waals surface area contributed by atoms with Gasteiger partial charge < -0.3 is 9.47 Å². The SMILES string of the molecule is Cc1ccc(COc2cccc(/C=C3\N=C(c4ccc(Br)cc4)OC3=O)c2)cc1. The second-order valence-electron chi connectivity index (χ2n) is 6.69. The zero-order chi connectivity index (χ0) is 20.2. The summed E-state index contributed by atoms with van der Waals surface area (Å²) in [4.78, 5) is 16.6. The Balaban J connectivity index is 1.50. The molecule has 0 atom stereocenters. The minimum absolute atomic E-state index is 0.263. The van der Waals surface area contributed by atoms with E-state index in [9.17, 15) is 4.79 Å². The molecule has 0 saturated heterocycles. The number of cyclic esters (lactones) is 1. The van der Waals surface area contributed by atoms with Crippen LogP contribution in [0.25, 0.3) is 6.08 Å². The topological polar surface area (TPSA) is 47.9 Å². The average molecular weight is 448 g/mol. The fourth-order valence-corrected chi connectivity index (χ4v) is 3.09. The van der Waals surface area contributed by atoms with Crippen LogP contribution in [0.1, 0.15) is 22.3 Å². The summed E-state index contributed by atoms with van der Waals surface area (Å²) >= 11 is 3.39. The lowest BCUT2D eigenvalue weighted by atomic mass is 10.1. The van der Waals surface area contributed by atoms with Gasteiger partial charge in [0.05, 0.1) is 0 Å². The highest BCUT2D eigenvalue weighted by molar-refractivity contribution is 9.10. The van der Waals surface area contributed by atoms with Crippen molar-refractivity contribution in [1.82, 2.24) is 0 Å². The number of rotatable bonds is 5. The lowest BCUT2D eigenvalue weighted by Gasteiger charge is -2.07. The van der Waals surface area contributed by atoms with Gasteiger partial charge in [0, 0.05) is 10.0 Å². The van der Waals surface area contributed by atoms with Gasteiger partial charge in [-0.3, -0.25) is 0 Å². The molecule has 1 aliphatic heterocycles. The van der Waals surface area contributed by atoms with Gasteiger partial charge in [-0.05, 0) is 60.5 Å². The number of carbonyl (C=O) groups is 1. The number of ether oxygens (including phenoxy) is 2. The minimum atomic E-state index is -0.464. The summed E-state index contributed by atoms with van der Waals surface area (Å²) in [6, 6.07) is 23.2. The van der Waals surface area contributed by atoms with Gasteiger partial charge in [-0.15, -0.1) is 0 Å². The first kappa shape index (κ1) is 19.2. The molecule has 0 saturated carbocycles. The fraction of sp³-hybridized carbons (Fsp3) is 0.0833. The molecule has 3 aromatic carbocycles. The smallest absolute Gasteiger partial charge is 0.363 e. The molecule has 4 rings (SSSR count). The average Bonchev–Trinajstić information content (AvgIpc) is 3.09. The minimum Gasteiger partial charge on any atom is -0.489 e. The molecule has 0 spiro atoms. The first-order valence-corrected chi connectivity index (χ1v) is 9.93. The van der Waals surface area contributed by atoms with Crippen LogP contribution in [0.4, 0.5) is 0 Å². The normalized spacial score (nSPS) is 14.6. The molecule has 0 aromatic heterocycles. The number of esters is 1. The number of benzene rings is 3. The zero-order valence-corrected chi connectivity index (χ0v) is 17.3. The van der Waals surface area contributed by atoms with E-state index in [0.717, 1.165) is 26.9 Å². The predicted molar refractivity (Wildman–Crippen MR) is 117 cm³/mol. The zero-order valence-electron chi connectivity index (χ0n) is 15.8. The summed E-state index contributed by atoms with van der Waals surface area (Å²) in [6.45, 7) is 2.54. The van der Waals surface area contributed by atoms with E-state index in [0.29, 0.717) is 12.5 Å². The molecule has 144 valence electrons. The molecule has 0 bridgehead atoms. The van der Waals surface area contributed by atoms with Gasteiger partial charge in [-0.2, -0.15) is 0 Å². The molecule has 1 aliphatic rings. The Morgan fingerprint density at radius 2 is 1.79 bits per heavy atom. The summed E-state index contributed by atoms with van der Waals surface area (Å²) in [5, 5.41) is 0. The Hall–Kier alpha value is -3.18. The lowest BCUT2D eigenvalue weighted by molar-refractivity contribution is -0.129. The standard InChI is InChI=1S/C24H18BrNO3/c1-16-5-7-17(8-6-16)15-28-21-4-2-3-18(13-21)14-22-24(27)29-23(26-22)19-9-11-20(25)12-10-19/h2-14H,15H2,1H3/b22-14-. The molecule has 0 N–H and O–H groups in total. The molecule has 1 heterocycles. The van der Waals surface area contributed by atoms with Gasteiger partial charge in [0.15, 0.2) is 5.70 Å². The third-order valence-corrected chi connectivity index (χ3v) is 4.93. The van der Waals surface area contributed by atoms with Crippen molar-refractivity contribution in [3.05, 3.63) is 105 Å². The summed E-state index contributed by atoms with van der Waals surface area (Å²) < 4.78 is 12.1. The van der Waals surface area contributed by atoms with Crippen molar-refractivity contribution in [3.63, 3.8) is 0 Å². The van der Waals surface area contributed by atoms with E-state index in [1.54, 1.807) is 6.08 Å². The Morgan fingerprint density at radius 1 is 1.03 bits per heavy atom. The highest BCUT2D eigenvalue weighted by Gasteiger charge is 2.24. The summed E-state index contributed by atoms with van der Waals surface area (Å²) in [5.41, 5.74) is 4.15. The van der Waals surface area contributed by atoms with Gasteiger partial charge >= 0.3 is 5.97 Å². The van der Waals surface area contributed by atoms with Crippen molar-refractivity contribution < 1.29 is 14.3 Å². The van der Waals surface area contributed by atoms with E-state index in [-0.39, 0.29) is 5.70 Å². The second kappa shape index (κ2) is 8.45. The first-order valence-electron chi connectivity index (χ1n) is 9.14. The summed E-state index contributed by atoms with van der Waals surface area (Å²) in [6.07, 6.45) is 1.70. The van der Waals surface area contributed by atoms with Crippen molar-refractivity contribution in [2.75, 3.05) is 0 Å². The number of aliphatic imine (C=N–C) groups is 1. The predicted octanol–water partition coefficient (Wildman–Crippen LogP) is 5.68. The number of hydrogen-bond donors (Lipinski definition) is 0. The number of aryl methyl sites for hydroxylation is 1. The monoisotopic (exact) mass is 447 g/mol. The van der Waals surface area contributed by atoms with Crippen molar-refractivity contribution in [2.24, 2.45) is 4.99 Å². The van der Waals surface area contributed by atoms with E-state index >= 15 is 0 Å². The Morgan fingerprint density at radius 3 is 2.55 bits per heavy atom. The van der Waals surface area contributed by atoms with Crippen LogP contribution < -0.4 is 4.74 Å². The van der Waals surface area contributed by atoms with Gasteiger partial charge in [0.25, 0.3) is 0 Å². The Labute approximate surface area is 177 Å². The molecule has 0 radical (unpaired) electrons. The van der Waals surface area contributed by atoms with E-state index in [4.69, 9.17) is 9.47 Å². The van der Waals surface area contributed by atoms with Gasteiger partial charge in [0.2, 0.25) is 5.90 Å². The van der Waals surface area contributed by atoms with Crippen LogP contribution >= 0.6 is 15.9 Å². The third-order valence-electron chi connectivity index (χ3n) is 4.40. The molecular formula is C24H18BrNO3. The van der Waals surface area contributed by atoms with Crippen LogP contribution in [-0.4, -0.2) is 11.9 Å². The number of nitrogens with zero attached hydrogens (tertiary/aromatic N) is 1. The Bertz CT molecular complexity index is 1100. The molecule has 0 unspecified atom stereocenters. The number of carbonyl (C=O) groups excluding carboxylic acids is 1. The fourth-order valence-electron chi connectivity index (χ4n) is 2.83. The van der Waals surface area contributed by atoms with Crippen molar-refractivity contribution >= 4 is 33.9 Å². The first-order chi connectivity index (χ1) is 14.1. The van der Waals surface area contributed by atoms with Crippen molar-refractivity contribution in [1.29, 1.82) is 0 Å². The molecule has 4 nitrogen and oxygen atoms in total. The van der Waals surface area contributed by atoms with E-state index in [1.807, 2.05) is 60.7 Å². The second-order valence-corrected chi connectivity index (χ2v) is 7.61. The quantitative estimate of drug-likeness (QED) is 0.373. The molecule has 0 fully saturated rings.